The zero-order valence-corrected chi connectivity index (χ0v) is 10.4. The van der Waals surface area contributed by atoms with Crippen molar-refractivity contribution in [2.24, 2.45) is 7.05 Å². The van der Waals surface area contributed by atoms with Crippen molar-refractivity contribution in [3.8, 4) is 0 Å². The van der Waals surface area contributed by atoms with Gasteiger partial charge in [0.25, 0.3) is 0 Å². The summed E-state index contributed by atoms with van der Waals surface area (Å²) < 4.78 is 3.88. The molecule has 0 saturated heterocycles. The molecule has 0 unspecified atom stereocenters. The first-order chi connectivity index (χ1) is 8.25. The highest BCUT2D eigenvalue weighted by Gasteiger charge is 2.00. The van der Waals surface area contributed by atoms with Gasteiger partial charge in [0, 0.05) is 32.5 Å². The van der Waals surface area contributed by atoms with Crippen LogP contribution in [0.1, 0.15) is 17.8 Å². The van der Waals surface area contributed by atoms with Crippen LogP contribution < -0.4 is 5.32 Å². The van der Waals surface area contributed by atoms with Gasteiger partial charge in [-0.1, -0.05) is 0 Å². The molecule has 0 aliphatic heterocycles. The molecule has 2 heterocycles. The zero-order valence-electron chi connectivity index (χ0n) is 10.4. The predicted molar refractivity (Wildman–Crippen MR) is 66.5 cm³/mol. The topological polar surface area (TPSA) is 47.7 Å². The third-order valence-corrected chi connectivity index (χ3v) is 2.70. The molecular formula is C12H19N5. The summed E-state index contributed by atoms with van der Waals surface area (Å²) in [5.41, 5.74) is 2.29. The van der Waals surface area contributed by atoms with Gasteiger partial charge in [0.2, 0.25) is 0 Å². The van der Waals surface area contributed by atoms with Crippen molar-refractivity contribution >= 4 is 0 Å². The number of hydrogen-bond acceptors (Lipinski definition) is 3. The van der Waals surface area contributed by atoms with E-state index in [-0.39, 0.29) is 0 Å². The highest BCUT2D eigenvalue weighted by Crippen LogP contribution is 2.00. The minimum absolute atomic E-state index is 0.871. The van der Waals surface area contributed by atoms with E-state index >= 15 is 0 Å². The molecule has 0 saturated carbocycles. The third kappa shape index (κ3) is 3.42. The van der Waals surface area contributed by atoms with Gasteiger partial charge in [-0.2, -0.15) is 10.2 Å². The molecule has 0 amide bonds. The normalized spacial score (nSPS) is 10.9. The van der Waals surface area contributed by atoms with Crippen molar-refractivity contribution in [2.75, 3.05) is 6.54 Å². The Morgan fingerprint density at radius 3 is 2.94 bits per heavy atom. The van der Waals surface area contributed by atoms with Gasteiger partial charge in [-0.3, -0.25) is 9.36 Å². The zero-order chi connectivity index (χ0) is 12.1. The third-order valence-electron chi connectivity index (χ3n) is 2.70. The van der Waals surface area contributed by atoms with E-state index in [1.165, 1.54) is 5.69 Å². The lowest BCUT2D eigenvalue weighted by Crippen LogP contribution is -2.18. The molecule has 0 spiro atoms. The van der Waals surface area contributed by atoms with Crippen LogP contribution in [0.15, 0.2) is 24.5 Å². The SMILES string of the molecule is Cc1cc(CNCCCn2cccn2)n(C)n1. The summed E-state index contributed by atoms with van der Waals surface area (Å²) in [7, 11) is 1.98. The molecule has 92 valence electrons. The lowest BCUT2D eigenvalue weighted by molar-refractivity contribution is 0.534. The van der Waals surface area contributed by atoms with Crippen LogP contribution in [-0.4, -0.2) is 26.1 Å². The Labute approximate surface area is 101 Å². The van der Waals surface area contributed by atoms with Gasteiger partial charge in [0.05, 0.1) is 11.4 Å². The highest BCUT2D eigenvalue weighted by molar-refractivity contribution is 5.08. The van der Waals surface area contributed by atoms with Gasteiger partial charge < -0.3 is 5.32 Å². The average Bonchev–Trinajstić information content (AvgIpc) is 2.89. The summed E-state index contributed by atoms with van der Waals surface area (Å²) in [6, 6.07) is 4.06. The lowest BCUT2D eigenvalue weighted by Gasteiger charge is -2.05. The Hall–Kier alpha value is -1.62. The number of hydrogen-bond donors (Lipinski definition) is 1. The van der Waals surface area contributed by atoms with Gasteiger partial charge in [-0.25, -0.2) is 0 Å². The minimum Gasteiger partial charge on any atom is -0.311 e. The molecule has 5 heteroatoms. The molecule has 1 N–H and O–H groups in total. The number of aromatic nitrogens is 4. The number of aryl methyl sites for hydroxylation is 3. The fourth-order valence-electron chi connectivity index (χ4n) is 1.84. The van der Waals surface area contributed by atoms with Crippen molar-refractivity contribution in [2.45, 2.75) is 26.4 Å². The molecule has 17 heavy (non-hydrogen) atoms. The molecule has 0 aliphatic rings. The Morgan fingerprint density at radius 2 is 2.29 bits per heavy atom. The smallest absolute Gasteiger partial charge is 0.0597 e. The molecule has 0 bridgehead atoms. The maximum Gasteiger partial charge on any atom is 0.0597 e. The Bertz CT molecular complexity index is 443. The molecule has 0 aliphatic carbocycles. The van der Waals surface area contributed by atoms with E-state index in [0.29, 0.717) is 0 Å². The van der Waals surface area contributed by atoms with E-state index in [1.54, 1.807) is 0 Å². The first-order valence-electron chi connectivity index (χ1n) is 5.93. The molecule has 2 rings (SSSR count). The van der Waals surface area contributed by atoms with Crippen LogP contribution in [0.25, 0.3) is 0 Å². The van der Waals surface area contributed by atoms with Gasteiger partial charge in [0.15, 0.2) is 0 Å². The molecule has 5 nitrogen and oxygen atoms in total. The summed E-state index contributed by atoms with van der Waals surface area (Å²) >= 11 is 0. The van der Waals surface area contributed by atoms with E-state index in [1.807, 2.05) is 41.8 Å². The monoisotopic (exact) mass is 233 g/mol. The van der Waals surface area contributed by atoms with E-state index in [2.05, 4.69) is 21.6 Å². The highest BCUT2D eigenvalue weighted by atomic mass is 15.3. The second kappa shape index (κ2) is 5.63. The molecule has 0 radical (unpaired) electrons. The largest absolute Gasteiger partial charge is 0.311 e. The summed E-state index contributed by atoms with van der Waals surface area (Å²) in [4.78, 5) is 0. The van der Waals surface area contributed by atoms with Crippen LogP contribution >= 0.6 is 0 Å². The fourth-order valence-corrected chi connectivity index (χ4v) is 1.84. The standard InChI is InChI=1S/C12H19N5/c1-11-9-12(16(2)15-11)10-13-5-3-7-17-8-4-6-14-17/h4,6,8-9,13H,3,5,7,10H2,1-2H3. The average molecular weight is 233 g/mol. The summed E-state index contributed by atoms with van der Waals surface area (Å²) in [6.07, 6.45) is 4.88. The van der Waals surface area contributed by atoms with E-state index in [4.69, 9.17) is 0 Å². The Morgan fingerprint density at radius 1 is 1.41 bits per heavy atom. The van der Waals surface area contributed by atoms with Gasteiger partial charge in [-0.05, 0) is 32.0 Å². The van der Waals surface area contributed by atoms with Crippen LogP contribution in [0.4, 0.5) is 0 Å². The Balaban J connectivity index is 1.65. The summed E-state index contributed by atoms with van der Waals surface area (Å²) in [6.45, 7) is 4.84. The first-order valence-corrected chi connectivity index (χ1v) is 5.93. The molecule has 2 aromatic heterocycles. The van der Waals surface area contributed by atoms with Crippen molar-refractivity contribution in [1.82, 2.24) is 24.9 Å². The first kappa shape index (κ1) is 11.9. The van der Waals surface area contributed by atoms with Crippen molar-refractivity contribution < 1.29 is 0 Å². The number of rotatable bonds is 6. The minimum atomic E-state index is 0.871. The summed E-state index contributed by atoms with van der Waals surface area (Å²) in [5, 5.41) is 11.9. The van der Waals surface area contributed by atoms with Crippen LogP contribution in [0.2, 0.25) is 0 Å². The second-order valence-corrected chi connectivity index (χ2v) is 4.20. The maximum atomic E-state index is 4.31. The van der Waals surface area contributed by atoms with Crippen LogP contribution in [-0.2, 0) is 20.1 Å². The van der Waals surface area contributed by atoms with Crippen molar-refractivity contribution in [3.63, 3.8) is 0 Å². The van der Waals surface area contributed by atoms with Crippen LogP contribution in [0.5, 0.6) is 0 Å². The lowest BCUT2D eigenvalue weighted by atomic mass is 10.3. The maximum absolute atomic E-state index is 4.31. The van der Waals surface area contributed by atoms with Crippen molar-refractivity contribution in [1.29, 1.82) is 0 Å². The molecule has 0 fully saturated rings. The quantitative estimate of drug-likeness (QED) is 0.760. The molecular weight excluding hydrogens is 214 g/mol. The van der Waals surface area contributed by atoms with Gasteiger partial charge >= 0.3 is 0 Å². The van der Waals surface area contributed by atoms with E-state index in [9.17, 15) is 0 Å². The van der Waals surface area contributed by atoms with Crippen LogP contribution in [0, 0.1) is 6.92 Å². The summed E-state index contributed by atoms with van der Waals surface area (Å²) in [5.74, 6) is 0. The van der Waals surface area contributed by atoms with Gasteiger partial charge in [0.1, 0.15) is 0 Å². The van der Waals surface area contributed by atoms with E-state index in [0.717, 1.165) is 31.7 Å². The van der Waals surface area contributed by atoms with Crippen LogP contribution in [0.3, 0.4) is 0 Å². The number of nitrogens with zero attached hydrogens (tertiary/aromatic N) is 4. The molecule has 0 atom stereocenters. The van der Waals surface area contributed by atoms with Crippen molar-refractivity contribution in [3.05, 3.63) is 35.9 Å². The van der Waals surface area contributed by atoms with Gasteiger partial charge in [-0.15, -0.1) is 0 Å². The second-order valence-electron chi connectivity index (χ2n) is 4.20. The number of nitrogens with one attached hydrogen (secondary N) is 1. The Kier molecular flexibility index (Phi) is 3.93. The fraction of sp³-hybridized carbons (Fsp3) is 0.500. The predicted octanol–water partition coefficient (Wildman–Crippen LogP) is 1.10. The molecule has 2 aromatic rings. The molecule has 0 aromatic carbocycles. The van der Waals surface area contributed by atoms with E-state index < -0.39 is 0 Å².